The molecular formula is C11H13N5. The molecule has 2 rings (SSSR count). The van der Waals surface area contributed by atoms with Crippen LogP contribution in [0.4, 0.5) is 23.1 Å². The Morgan fingerprint density at radius 1 is 1.12 bits per heavy atom. The van der Waals surface area contributed by atoms with Crippen molar-refractivity contribution in [2.75, 3.05) is 16.8 Å². The minimum absolute atomic E-state index is 0.256. The first-order chi connectivity index (χ1) is 7.63. The third-order valence-electron chi connectivity index (χ3n) is 2.03. The largest absolute Gasteiger partial charge is 0.399 e. The van der Waals surface area contributed by atoms with E-state index >= 15 is 0 Å². The van der Waals surface area contributed by atoms with Crippen LogP contribution in [0, 0.1) is 6.92 Å². The molecule has 0 atom stereocenters. The molecule has 0 aliphatic rings. The lowest BCUT2D eigenvalue weighted by Gasteiger charge is -2.07. The van der Waals surface area contributed by atoms with Gasteiger partial charge in [0, 0.05) is 23.1 Å². The van der Waals surface area contributed by atoms with Crippen LogP contribution in [-0.4, -0.2) is 9.97 Å². The van der Waals surface area contributed by atoms with Crippen LogP contribution in [0.3, 0.4) is 0 Å². The Kier molecular flexibility index (Phi) is 2.59. The number of nitrogens with one attached hydrogen (secondary N) is 1. The summed E-state index contributed by atoms with van der Waals surface area (Å²) in [6.07, 6.45) is 0. The van der Waals surface area contributed by atoms with Gasteiger partial charge in [-0.25, -0.2) is 4.98 Å². The lowest BCUT2D eigenvalue weighted by Crippen LogP contribution is -2.01. The normalized spacial score (nSPS) is 10.1. The van der Waals surface area contributed by atoms with Crippen LogP contribution in [0.15, 0.2) is 30.3 Å². The molecule has 0 aliphatic heterocycles. The Labute approximate surface area is 93.5 Å². The Hall–Kier alpha value is -2.30. The van der Waals surface area contributed by atoms with Crippen molar-refractivity contribution in [3.05, 3.63) is 36.0 Å². The van der Waals surface area contributed by atoms with Gasteiger partial charge >= 0.3 is 0 Å². The third kappa shape index (κ3) is 2.38. The Balaban J connectivity index is 2.27. The SMILES string of the molecule is Cc1cc(Nc2cccc(N)c2)nc(N)n1. The van der Waals surface area contributed by atoms with E-state index in [-0.39, 0.29) is 5.95 Å². The molecule has 0 bridgehead atoms. The standard InChI is InChI=1S/C11H13N5/c1-7-5-10(16-11(13)14-7)15-9-4-2-3-8(12)6-9/h2-6H,12H2,1H3,(H3,13,14,15,16). The average molecular weight is 215 g/mol. The van der Waals surface area contributed by atoms with Crippen molar-refractivity contribution in [3.8, 4) is 0 Å². The maximum atomic E-state index is 5.67. The maximum absolute atomic E-state index is 5.67. The summed E-state index contributed by atoms with van der Waals surface area (Å²) >= 11 is 0. The van der Waals surface area contributed by atoms with E-state index in [1.54, 1.807) is 0 Å². The maximum Gasteiger partial charge on any atom is 0.222 e. The Bertz CT molecular complexity index is 489. The van der Waals surface area contributed by atoms with E-state index in [0.29, 0.717) is 11.5 Å². The van der Waals surface area contributed by atoms with Crippen LogP contribution in [0.5, 0.6) is 0 Å². The van der Waals surface area contributed by atoms with Gasteiger partial charge in [0.2, 0.25) is 5.95 Å². The van der Waals surface area contributed by atoms with Gasteiger partial charge in [-0.3, -0.25) is 0 Å². The number of aryl methyl sites for hydroxylation is 1. The van der Waals surface area contributed by atoms with Gasteiger partial charge < -0.3 is 16.8 Å². The Morgan fingerprint density at radius 3 is 2.62 bits per heavy atom. The highest BCUT2D eigenvalue weighted by molar-refractivity contribution is 5.61. The molecule has 0 unspecified atom stereocenters. The monoisotopic (exact) mass is 215 g/mol. The number of nitrogen functional groups attached to an aromatic ring is 2. The summed E-state index contributed by atoms with van der Waals surface area (Å²) in [5, 5.41) is 3.12. The number of benzene rings is 1. The van der Waals surface area contributed by atoms with Crippen LogP contribution < -0.4 is 16.8 Å². The molecule has 1 aromatic heterocycles. The van der Waals surface area contributed by atoms with Crippen molar-refractivity contribution in [3.63, 3.8) is 0 Å². The molecule has 2 aromatic rings. The zero-order chi connectivity index (χ0) is 11.5. The number of rotatable bonds is 2. The Morgan fingerprint density at radius 2 is 1.94 bits per heavy atom. The van der Waals surface area contributed by atoms with Gasteiger partial charge in [-0.1, -0.05) is 6.07 Å². The van der Waals surface area contributed by atoms with E-state index < -0.39 is 0 Å². The number of anilines is 4. The quantitative estimate of drug-likeness (QED) is 0.663. The number of aromatic nitrogens is 2. The number of nitrogens with zero attached hydrogens (tertiary/aromatic N) is 2. The number of nitrogens with two attached hydrogens (primary N) is 2. The van der Waals surface area contributed by atoms with Gasteiger partial charge in [0.15, 0.2) is 0 Å². The molecule has 0 saturated carbocycles. The van der Waals surface area contributed by atoms with Crippen LogP contribution >= 0.6 is 0 Å². The zero-order valence-electron chi connectivity index (χ0n) is 8.94. The van der Waals surface area contributed by atoms with E-state index in [9.17, 15) is 0 Å². The van der Waals surface area contributed by atoms with Crippen molar-refractivity contribution >= 4 is 23.1 Å². The van der Waals surface area contributed by atoms with E-state index in [0.717, 1.165) is 11.4 Å². The average Bonchev–Trinajstić information content (AvgIpc) is 2.15. The summed E-state index contributed by atoms with van der Waals surface area (Å²) in [6, 6.07) is 9.25. The second-order valence-corrected chi connectivity index (χ2v) is 3.50. The molecule has 1 heterocycles. The molecular weight excluding hydrogens is 202 g/mol. The summed E-state index contributed by atoms with van der Waals surface area (Å²) in [5.41, 5.74) is 13.6. The van der Waals surface area contributed by atoms with Crippen molar-refractivity contribution in [2.45, 2.75) is 6.92 Å². The molecule has 5 N–H and O–H groups in total. The predicted octanol–water partition coefficient (Wildman–Crippen LogP) is 1.69. The van der Waals surface area contributed by atoms with Gasteiger partial charge in [-0.05, 0) is 25.1 Å². The topological polar surface area (TPSA) is 89.8 Å². The second kappa shape index (κ2) is 4.06. The minimum atomic E-state index is 0.256. The highest BCUT2D eigenvalue weighted by atomic mass is 15.1. The molecule has 1 aromatic carbocycles. The fraction of sp³-hybridized carbons (Fsp3) is 0.0909. The summed E-state index contributed by atoms with van der Waals surface area (Å²) in [4.78, 5) is 8.07. The highest BCUT2D eigenvalue weighted by Gasteiger charge is 2.00. The first-order valence-electron chi connectivity index (χ1n) is 4.87. The van der Waals surface area contributed by atoms with Crippen molar-refractivity contribution in [1.82, 2.24) is 9.97 Å². The summed E-state index contributed by atoms with van der Waals surface area (Å²) in [7, 11) is 0. The smallest absolute Gasteiger partial charge is 0.222 e. The van der Waals surface area contributed by atoms with Crippen molar-refractivity contribution in [1.29, 1.82) is 0 Å². The fourth-order valence-corrected chi connectivity index (χ4v) is 1.42. The van der Waals surface area contributed by atoms with Crippen molar-refractivity contribution in [2.24, 2.45) is 0 Å². The zero-order valence-corrected chi connectivity index (χ0v) is 8.94. The third-order valence-corrected chi connectivity index (χ3v) is 2.03. The molecule has 0 aliphatic carbocycles. The van der Waals surface area contributed by atoms with Gasteiger partial charge in [0.25, 0.3) is 0 Å². The minimum Gasteiger partial charge on any atom is -0.399 e. The summed E-state index contributed by atoms with van der Waals surface area (Å²) in [6.45, 7) is 1.86. The highest BCUT2D eigenvalue weighted by Crippen LogP contribution is 2.17. The van der Waals surface area contributed by atoms with Crippen LogP contribution in [-0.2, 0) is 0 Å². The van der Waals surface area contributed by atoms with Gasteiger partial charge in [0.05, 0.1) is 0 Å². The van der Waals surface area contributed by atoms with Crippen molar-refractivity contribution < 1.29 is 0 Å². The number of hydrogen-bond acceptors (Lipinski definition) is 5. The summed E-state index contributed by atoms with van der Waals surface area (Å²) in [5.74, 6) is 0.919. The van der Waals surface area contributed by atoms with Gasteiger partial charge in [-0.2, -0.15) is 4.98 Å². The van der Waals surface area contributed by atoms with E-state index in [2.05, 4.69) is 15.3 Å². The molecule has 0 amide bonds. The van der Waals surface area contributed by atoms with Gasteiger partial charge in [-0.15, -0.1) is 0 Å². The molecule has 0 radical (unpaired) electrons. The van der Waals surface area contributed by atoms with Crippen LogP contribution in [0.1, 0.15) is 5.69 Å². The van der Waals surface area contributed by atoms with Crippen LogP contribution in [0.25, 0.3) is 0 Å². The molecule has 5 nitrogen and oxygen atoms in total. The first-order valence-corrected chi connectivity index (χ1v) is 4.87. The predicted molar refractivity (Wildman–Crippen MR) is 65.3 cm³/mol. The van der Waals surface area contributed by atoms with Gasteiger partial charge in [0.1, 0.15) is 5.82 Å². The van der Waals surface area contributed by atoms with E-state index in [1.807, 2.05) is 37.3 Å². The lowest BCUT2D eigenvalue weighted by atomic mass is 10.3. The van der Waals surface area contributed by atoms with E-state index in [1.165, 1.54) is 0 Å². The molecule has 0 fully saturated rings. The van der Waals surface area contributed by atoms with E-state index in [4.69, 9.17) is 11.5 Å². The second-order valence-electron chi connectivity index (χ2n) is 3.50. The number of hydrogen-bond donors (Lipinski definition) is 3. The fourth-order valence-electron chi connectivity index (χ4n) is 1.42. The summed E-state index contributed by atoms with van der Waals surface area (Å²) < 4.78 is 0. The molecule has 5 heteroatoms. The molecule has 0 saturated heterocycles. The molecule has 82 valence electrons. The molecule has 16 heavy (non-hydrogen) atoms. The molecule has 0 spiro atoms. The first kappa shape index (κ1) is 10.2. The van der Waals surface area contributed by atoms with Crippen LogP contribution in [0.2, 0.25) is 0 Å². The lowest BCUT2D eigenvalue weighted by molar-refractivity contribution is 1.12.